The van der Waals surface area contributed by atoms with Gasteiger partial charge in [0.2, 0.25) is 0 Å². The number of carbonyl (C=O) groups is 1. The zero-order valence-electron chi connectivity index (χ0n) is 10.7. The van der Waals surface area contributed by atoms with E-state index < -0.39 is 5.97 Å². The fourth-order valence-corrected chi connectivity index (χ4v) is 3.95. The van der Waals surface area contributed by atoms with Crippen molar-refractivity contribution >= 4 is 27.6 Å². The van der Waals surface area contributed by atoms with Gasteiger partial charge in [-0.05, 0) is 36.5 Å². The van der Waals surface area contributed by atoms with Crippen LogP contribution in [0.5, 0.6) is 0 Å². The van der Waals surface area contributed by atoms with Crippen molar-refractivity contribution in [1.82, 2.24) is 0 Å². The van der Waals surface area contributed by atoms with Crippen LogP contribution in [0.2, 0.25) is 0 Å². The fourth-order valence-electron chi connectivity index (χ4n) is 3.59. The highest BCUT2D eigenvalue weighted by molar-refractivity contribution is 9.10. The SMILES string of the molecule is O=C(O)C1c2ccc(Br)cc2NC2CCCCCC21. The number of rotatable bonds is 1. The number of anilines is 1. The molecule has 102 valence electrons. The summed E-state index contributed by atoms with van der Waals surface area (Å²) in [6.45, 7) is 0. The van der Waals surface area contributed by atoms with E-state index in [2.05, 4.69) is 21.2 Å². The second kappa shape index (κ2) is 5.16. The smallest absolute Gasteiger partial charge is 0.311 e. The van der Waals surface area contributed by atoms with Crippen molar-refractivity contribution in [3.05, 3.63) is 28.2 Å². The van der Waals surface area contributed by atoms with Crippen LogP contribution in [0.1, 0.15) is 43.6 Å². The average Bonchev–Trinajstić information content (AvgIpc) is 2.60. The molecule has 19 heavy (non-hydrogen) atoms. The Bertz CT molecular complexity index is 503. The molecule has 0 spiro atoms. The Kier molecular flexibility index (Phi) is 3.52. The van der Waals surface area contributed by atoms with Gasteiger partial charge < -0.3 is 10.4 Å². The highest BCUT2D eigenvalue weighted by Gasteiger charge is 2.40. The van der Waals surface area contributed by atoms with Crippen LogP contribution in [0, 0.1) is 5.92 Å². The molecule has 0 saturated heterocycles. The van der Waals surface area contributed by atoms with Crippen molar-refractivity contribution in [1.29, 1.82) is 0 Å². The van der Waals surface area contributed by atoms with Crippen LogP contribution in [0.3, 0.4) is 0 Å². The Hall–Kier alpha value is -1.03. The third-order valence-electron chi connectivity index (χ3n) is 4.45. The van der Waals surface area contributed by atoms with Crippen LogP contribution in [0.4, 0.5) is 5.69 Å². The Morgan fingerprint density at radius 3 is 2.84 bits per heavy atom. The number of hydrogen-bond donors (Lipinski definition) is 2. The maximum atomic E-state index is 11.7. The highest BCUT2D eigenvalue weighted by atomic mass is 79.9. The molecule has 1 aromatic carbocycles. The molecule has 1 heterocycles. The monoisotopic (exact) mass is 323 g/mol. The van der Waals surface area contributed by atoms with E-state index in [1.165, 1.54) is 12.8 Å². The zero-order valence-corrected chi connectivity index (χ0v) is 12.3. The van der Waals surface area contributed by atoms with Gasteiger partial charge in [-0.15, -0.1) is 0 Å². The van der Waals surface area contributed by atoms with Crippen LogP contribution < -0.4 is 5.32 Å². The lowest BCUT2D eigenvalue weighted by molar-refractivity contribution is -0.140. The van der Waals surface area contributed by atoms with Crippen molar-refractivity contribution in [2.24, 2.45) is 5.92 Å². The molecule has 3 nitrogen and oxygen atoms in total. The van der Waals surface area contributed by atoms with E-state index in [0.29, 0.717) is 6.04 Å². The summed E-state index contributed by atoms with van der Waals surface area (Å²) in [5.74, 6) is -0.803. The summed E-state index contributed by atoms with van der Waals surface area (Å²) in [4.78, 5) is 11.7. The molecule has 0 amide bonds. The first kappa shape index (κ1) is 13.0. The maximum Gasteiger partial charge on any atom is 0.311 e. The second-order valence-electron chi connectivity index (χ2n) is 5.60. The quantitative estimate of drug-likeness (QED) is 0.821. The summed E-state index contributed by atoms with van der Waals surface area (Å²) < 4.78 is 0.995. The number of halogens is 1. The Labute approximate surface area is 121 Å². The number of benzene rings is 1. The van der Waals surface area contributed by atoms with Crippen molar-refractivity contribution in [2.75, 3.05) is 5.32 Å². The number of hydrogen-bond acceptors (Lipinski definition) is 2. The molecule has 2 N–H and O–H groups in total. The van der Waals surface area contributed by atoms with E-state index >= 15 is 0 Å². The molecular weight excluding hydrogens is 306 g/mol. The number of fused-ring (bicyclic) bond motifs is 2. The molecule has 1 aliphatic heterocycles. The lowest BCUT2D eigenvalue weighted by Crippen LogP contribution is -2.40. The largest absolute Gasteiger partial charge is 0.481 e. The predicted octanol–water partition coefficient (Wildman–Crippen LogP) is 3.99. The normalized spacial score (nSPS) is 29.6. The van der Waals surface area contributed by atoms with E-state index in [4.69, 9.17) is 0 Å². The van der Waals surface area contributed by atoms with Crippen LogP contribution in [0.15, 0.2) is 22.7 Å². The lowest BCUT2D eigenvalue weighted by atomic mass is 9.75. The molecule has 4 heteroatoms. The first-order valence-electron chi connectivity index (χ1n) is 6.95. The molecule has 0 radical (unpaired) electrons. The summed E-state index contributed by atoms with van der Waals surface area (Å²) in [6.07, 6.45) is 5.67. The summed E-state index contributed by atoms with van der Waals surface area (Å²) in [6, 6.07) is 6.21. The molecule has 0 bridgehead atoms. The first-order valence-corrected chi connectivity index (χ1v) is 7.75. The third-order valence-corrected chi connectivity index (χ3v) is 4.95. The summed E-state index contributed by atoms with van der Waals surface area (Å²) in [5.41, 5.74) is 1.93. The molecule has 3 atom stereocenters. The minimum Gasteiger partial charge on any atom is -0.481 e. The van der Waals surface area contributed by atoms with Gasteiger partial charge in [-0.25, -0.2) is 0 Å². The molecular formula is C15H18BrNO2. The van der Waals surface area contributed by atoms with Gasteiger partial charge in [0.05, 0.1) is 5.92 Å². The van der Waals surface area contributed by atoms with E-state index in [1.807, 2.05) is 18.2 Å². The van der Waals surface area contributed by atoms with Gasteiger partial charge >= 0.3 is 5.97 Å². The van der Waals surface area contributed by atoms with E-state index in [1.54, 1.807) is 0 Å². The predicted molar refractivity (Wildman–Crippen MR) is 78.5 cm³/mol. The molecule has 1 saturated carbocycles. The molecule has 3 rings (SSSR count). The van der Waals surface area contributed by atoms with Gasteiger partial charge in [-0.2, -0.15) is 0 Å². The van der Waals surface area contributed by atoms with Gasteiger partial charge in [0.25, 0.3) is 0 Å². The van der Waals surface area contributed by atoms with Crippen LogP contribution >= 0.6 is 15.9 Å². The summed E-state index contributed by atoms with van der Waals surface area (Å²) in [5, 5.41) is 13.2. The van der Waals surface area contributed by atoms with E-state index in [0.717, 1.165) is 35.0 Å². The average molecular weight is 324 g/mol. The third kappa shape index (κ3) is 2.38. The molecule has 1 aromatic rings. The van der Waals surface area contributed by atoms with Crippen LogP contribution in [-0.2, 0) is 4.79 Å². The Morgan fingerprint density at radius 1 is 1.26 bits per heavy atom. The van der Waals surface area contributed by atoms with Gasteiger partial charge in [-0.3, -0.25) is 4.79 Å². The zero-order chi connectivity index (χ0) is 13.4. The maximum absolute atomic E-state index is 11.7. The number of nitrogens with one attached hydrogen (secondary N) is 1. The Morgan fingerprint density at radius 2 is 2.05 bits per heavy atom. The summed E-state index contributed by atoms with van der Waals surface area (Å²) >= 11 is 3.46. The molecule has 0 aromatic heterocycles. The minimum atomic E-state index is -0.679. The molecule has 1 fully saturated rings. The van der Waals surface area contributed by atoms with Crippen LogP contribution in [0.25, 0.3) is 0 Å². The standard InChI is InChI=1S/C15H18BrNO2/c16-9-6-7-11-13(8-9)17-12-5-3-1-2-4-10(12)14(11)15(18)19/h6-8,10,12,14,17H,1-5H2,(H,18,19). The number of aliphatic carboxylic acids is 1. The van der Waals surface area contributed by atoms with Crippen molar-refractivity contribution in [3.8, 4) is 0 Å². The van der Waals surface area contributed by atoms with E-state index in [9.17, 15) is 9.90 Å². The van der Waals surface area contributed by atoms with Crippen LogP contribution in [-0.4, -0.2) is 17.1 Å². The topological polar surface area (TPSA) is 49.3 Å². The van der Waals surface area contributed by atoms with Gasteiger partial charge in [-0.1, -0.05) is 41.3 Å². The van der Waals surface area contributed by atoms with Crippen molar-refractivity contribution < 1.29 is 9.90 Å². The van der Waals surface area contributed by atoms with Gasteiger partial charge in [0, 0.05) is 16.2 Å². The van der Waals surface area contributed by atoms with Gasteiger partial charge in [0.1, 0.15) is 0 Å². The minimum absolute atomic E-state index is 0.230. The first-order chi connectivity index (χ1) is 9.16. The molecule has 1 aliphatic carbocycles. The number of carboxylic acids is 1. The highest BCUT2D eigenvalue weighted by Crippen LogP contribution is 2.44. The fraction of sp³-hybridized carbons (Fsp3) is 0.533. The molecule has 2 aliphatic rings. The van der Waals surface area contributed by atoms with Crippen molar-refractivity contribution in [2.45, 2.75) is 44.1 Å². The second-order valence-corrected chi connectivity index (χ2v) is 6.52. The lowest BCUT2D eigenvalue weighted by Gasteiger charge is -2.38. The Balaban J connectivity index is 2.05. The van der Waals surface area contributed by atoms with E-state index in [-0.39, 0.29) is 11.8 Å². The van der Waals surface area contributed by atoms with Gasteiger partial charge in [0.15, 0.2) is 0 Å². The summed E-state index contributed by atoms with van der Waals surface area (Å²) in [7, 11) is 0. The molecule has 3 unspecified atom stereocenters. The number of carboxylic acid groups (broad SMARTS) is 1. The van der Waals surface area contributed by atoms with Crippen molar-refractivity contribution in [3.63, 3.8) is 0 Å².